The molecule has 2 fully saturated rings. The van der Waals surface area contributed by atoms with Crippen molar-refractivity contribution in [2.24, 2.45) is 11.8 Å². The van der Waals surface area contributed by atoms with Gasteiger partial charge in [-0.25, -0.2) is 0 Å². The van der Waals surface area contributed by atoms with Crippen LogP contribution in [0, 0.1) is 11.8 Å². The van der Waals surface area contributed by atoms with E-state index in [0.29, 0.717) is 29.8 Å². The summed E-state index contributed by atoms with van der Waals surface area (Å²) in [6.07, 6.45) is 0.490. The molecular weight excluding hydrogens is 384 g/mol. The second kappa shape index (κ2) is 9.66. The van der Waals surface area contributed by atoms with Gasteiger partial charge < -0.3 is 23.4 Å². The van der Waals surface area contributed by atoms with E-state index in [0.717, 1.165) is 0 Å². The SMILES string of the molecule is COC[C@H]1O[C@H]1[C@H](C)[C@H]1OC(C)(C)O[C@@H](CO[Si](C(C)C)(C(C)C)C(C)C)[C@@H]1C. The molecular formula is C23H46O5Si. The average Bonchev–Trinajstić information content (AvgIpc) is 3.36. The molecule has 2 aliphatic heterocycles. The third-order valence-corrected chi connectivity index (χ3v) is 13.2. The third-order valence-electron chi connectivity index (χ3n) is 7.15. The van der Waals surface area contributed by atoms with Crippen LogP contribution in [-0.2, 0) is 23.4 Å². The van der Waals surface area contributed by atoms with E-state index >= 15 is 0 Å². The monoisotopic (exact) mass is 430 g/mol. The van der Waals surface area contributed by atoms with E-state index < -0.39 is 14.1 Å². The molecule has 5 nitrogen and oxygen atoms in total. The zero-order chi connectivity index (χ0) is 22.1. The average molecular weight is 431 g/mol. The predicted molar refractivity (Wildman–Crippen MR) is 120 cm³/mol. The highest BCUT2D eigenvalue weighted by Gasteiger charge is 2.52. The molecule has 0 bridgehead atoms. The number of ether oxygens (including phenoxy) is 4. The van der Waals surface area contributed by atoms with E-state index in [1.807, 2.05) is 13.8 Å². The number of rotatable bonds is 10. The maximum atomic E-state index is 6.89. The summed E-state index contributed by atoms with van der Waals surface area (Å²) in [5.74, 6) is -0.0928. The van der Waals surface area contributed by atoms with Crippen molar-refractivity contribution in [1.29, 1.82) is 0 Å². The van der Waals surface area contributed by atoms with Crippen LogP contribution in [0.1, 0.15) is 69.2 Å². The van der Waals surface area contributed by atoms with Gasteiger partial charge in [-0.3, -0.25) is 0 Å². The molecule has 2 heterocycles. The zero-order valence-electron chi connectivity index (χ0n) is 20.7. The molecule has 2 aliphatic rings. The minimum absolute atomic E-state index is 0.0222. The second-order valence-corrected chi connectivity index (χ2v) is 16.0. The number of methoxy groups -OCH3 is 1. The summed E-state index contributed by atoms with van der Waals surface area (Å²) in [5.41, 5.74) is 1.69. The fourth-order valence-electron chi connectivity index (χ4n) is 5.75. The Hall–Kier alpha value is 0.0169. The van der Waals surface area contributed by atoms with Gasteiger partial charge >= 0.3 is 0 Å². The van der Waals surface area contributed by atoms with Crippen LogP contribution in [0.25, 0.3) is 0 Å². The summed E-state index contributed by atoms with van der Waals surface area (Å²) >= 11 is 0. The van der Waals surface area contributed by atoms with Crippen molar-refractivity contribution < 1.29 is 23.4 Å². The summed E-state index contributed by atoms with van der Waals surface area (Å²) in [4.78, 5) is 0. The van der Waals surface area contributed by atoms with Gasteiger partial charge in [-0.1, -0.05) is 55.4 Å². The summed E-state index contributed by atoms with van der Waals surface area (Å²) in [5, 5.41) is 0. The molecule has 6 atom stereocenters. The van der Waals surface area contributed by atoms with Crippen molar-refractivity contribution in [3.8, 4) is 0 Å². The number of hydrogen-bond donors (Lipinski definition) is 0. The molecule has 0 aromatic rings. The van der Waals surface area contributed by atoms with Crippen molar-refractivity contribution >= 4 is 8.32 Å². The fraction of sp³-hybridized carbons (Fsp3) is 1.00. The standard InChI is InChI=1S/C23H46O5Si/c1-14(2)29(15(3)4,16(5)6)25-13-19-17(7)21(28-23(9,10)27-19)18(8)22-20(26-22)12-24-11/h14-22H,12-13H2,1-11H3/t17-,18+,19-,20+,21-,22-/m0/s1. The fourth-order valence-corrected chi connectivity index (χ4v) is 11.2. The highest BCUT2D eigenvalue weighted by Crippen LogP contribution is 2.44. The molecule has 2 saturated heterocycles. The van der Waals surface area contributed by atoms with Gasteiger partial charge in [0, 0.05) is 18.9 Å². The van der Waals surface area contributed by atoms with Crippen molar-refractivity contribution in [1.82, 2.24) is 0 Å². The van der Waals surface area contributed by atoms with Crippen LogP contribution >= 0.6 is 0 Å². The molecule has 0 aromatic carbocycles. The first-order valence-electron chi connectivity index (χ1n) is 11.5. The first-order valence-corrected chi connectivity index (χ1v) is 13.6. The Kier molecular flexibility index (Phi) is 8.42. The highest BCUT2D eigenvalue weighted by molar-refractivity contribution is 6.77. The number of hydrogen-bond acceptors (Lipinski definition) is 5. The van der Waals surface area contributed by atoms with Gasteiger partial charge in [0.15, 0.2) is 14.1 Å². The van der Waals surface area contributed by atoms with Crippen LogP contribution in [0.3, 0.4) is 0 Å². The van der Waals surface area contributed by atoms with Crippen molar-refractivity contribution in [2.75, 3.05) is 20.3 Å². The van der Waals surface area contributed by atoms with Gasteiger partial charge in [0.1, 0.15) is 6.10 Å². The minimum atomic E-state index is -1.93. The van der Waals surface area contributed by atoms with Crippen molar-refractivity contribution in [3.63, 3.8) is 0 Å². The van der Waals surface area contributed by atoms with Crippen LogP contribution in [0.4, 0.5) is 0 Å². The molecule has 172 valence electrons. The van der Waals surface area contributed by atoms with Gasteiger partial charge in [-0.2, -0.15) is 0 Å². The molecule has 0 aromatic heterocycles. The van der Waals surface area contributed by atoms with Crippen LogP contribution in [0.2, 0.25) is 16.6 Å². The molecule has 0 radical (unpaired) electrons. The first-order chi connectivity index (χ1) is 13.4. The molecule has 0 spiro atoms. The molecule has 0 N–H and O–H groups in total. The Labute approximate surface area is 180 Å². The predicted octanol–water partition coefficient (Wildman–Crippen LogP) is 5.38. The molecule has 0 unspecified atom stereocenters. The van der Waals surface area contributed by atoms with Gasteiger partial charge in [0.2, 0.25) is 0 Å². The lowest BCUT2D eigenvalue weighted by Crippen LogP contribution is -2.56. The lowest BCUT2D eigenvalue weighted by Gasteiger charge is -2.49. The summed E-state index contributed by atoms with van der Waals surface area (Å²) < 4.78 is 30.8. The maximum Gasteiger partial charge on any atom is 0.200 e. The Morgan fingerprint density at radius 3 is 1.86 bits per heavy atom. The summed E-state index contributed by atoms with van der Waals surface area (Å²) in [7, 11) is -0.206. The van der Waals surface area contributed by atoms with Crippen LogP contribution in [0.5, 0.6) is 0 Å². The lowest BCUT2D eigenvalue weighted by molar-refractivity contribution is -0.330. The van der Waals surface area contributed by atoms with E-state index in [2.05, 4.69) is 55.4 Å². The Morgan fingerprint density at radius 1 is 0.828 bits per heavy atom. The van der Waals surface area contributed by atoms with E-state index in [4.69, 9.17) is 23.4 Å². The molecule has 29 heavy (non-hydrogen) atoms. The Bertz CT molecular complexity index is 500. The van der Waals surface area contributed by atoms with E-state index in [1.165, 1.54) is 0 Å². The summed E-state index contributed by atoms with van der Waals surface area (Å²) in [6.45, 7) is 23.8. The molecule has 0 amide bonds. The van der Waals surface area contributed by atoms with Gasteiger partial charge in [-0.15, -0.1) is 0 Å². The maximum absolute atomic E-state index is 6.89. The van der Waals surface area contributed by atoms with Crippen LogP contribution in [-0.4, -0.2) is 58.8 Å². The first kappa shape index (κ1) is 25.3. The smallest absolute Gasteiger partial charge is 0.200 e. The van der Waals surface area contributed by atoms with E-state index in [9.17, 15) is 0 Å². The van der Waals surface area contributed by atoms with E-state index in [-0.39, 0.29) is 36.3 Å². The van der Waals surface area contributed by atoms with Gasteiger partial charge in [0.05, 0.1) is 31.5 Å². The van der Waals surface area contributed by atoms with E-state index in [1.54, 1.807) is 7.11 Å². The normalized spacial score (nSPS) is 33.5. The zero-order valence-corrected chi connectivity index (χ0v) is 21.7. The molecule has 0 saturated carbocycles. The highest BCUT2D eigenvalue weighted by atomic mass is 28.4. The molecule has 2 rings (SSSR count). The topological polar surface area (TPSA) is 49.5 Å². The Morgan fingerprint density at radius 2 is 1.38 bits per heavy atom. The molecule has 6 heteroatoms. The van der Waals surface area contributed by atoms with Crippen LogP contribution < -0.4 is 0 Å². The quantitative estimate of drug-likeness (QED) is 0.344. The van der Waals surface area contributed by atoms with Crippen molar-refractivity contribution in [3.05, 3.63) is 0 Å². The summed E-state index contributed by atoms with van der Waals surface area (Å²) in [6, 6.07) is 0. The van der Waals surface area contributed by atoms with Crippen LogP contribution in [0.15, 0.2) is 0 Å². The number of epoxide rings is 1. The molecule has 0 aliphatic carbocycles. The van der Waals surface area contributed by atoms with Gasteiger partial charge in [-0.05, 0) is 30.5 Å². The second-order valence-electron chi connectivity index (χ2n) is 10.6. The lowest BCUT2D eigenvalue weighted by atomic mass is 9.85. The minimum Gasteiger partial charge on any atom is -0.413 e. The van der Waals surface area contributed by atoms with Gasteiger partial charge in [0.25, 0.3) is 0 Å². The largest absolute Gasteiger partial charge is 0.413 e. The third kappa shape index (κ3) is 5.44. The Balaban J connectivity index is 2.13. The van der Waals surface area contributed by atoms with Crippen molar-refractivity contribution in [2.45, 2.75) is 116 Å².